The number of anilines is 2. The molecule has 2 N–H and O–H groups in total. The third-order valence-electron chi connectivity index (χ3n) is 6.04. The van der Waals surface area contributed by atoms with Gasteiger partial charge in [-0.25, -0.2) is 0 Å². The van der Waals surface area contributed by atoms with E-state index < -0.39 is 0 Å². The molecule has 0 radical (unpaired) electrons. The minimum atomic E-state index is 0.0154. The van der Waals surface area contributed by atoms with Gasteiger partial charge in [-0.15, -0.1) is 0 Å². The highest BCUT2D eigenvalue weighted by atomic mass is 16.1. The molecule has 28 heavy (non-hydrogen) atoms. The molecule has 0 spiro atoms. The molecule has 0 unspecified atom stereocenters. The van der Waals surface area contributed by atoms with E-state index in [2.05, 4.69) is 10.6 Å². The van der Waals surface area contributed by atoms with Crippen molar-refractivity contribution in [3.8, 4) is 11.1 Å². The molecular weight excluding hydrogens is 348 g/mol. The highest BCUT2D eigenvalue weighted by Crippen LogP contribution is 2.45. The molecular formula is C24H16N2O2. The van der Waals surface area contributed by atoms with Crippen LogP contribution in [-0.2, 0) is 0 Å². The SMILES string of the molecule is CNc1cc2ccc3c4c2c(c1)c(=O)c1ccc2cc(NC)cc(c3=O)c2c1-4. The fourth-order valence-electron chi connectivity index (χ4n) is 4.77. The topological polar surface area (TPSA) is 58.2 Å². The Morgan fingerprint density at radius 3 is 1.39 bits per heavy atom. The van der Waals surface area contributed by atoms with Crippen molar-refractivity contribution >= 4 is 54.5 Å². The lowest BCUT2D eigenvalue weighted by molar-refractivity contribution is 1.53. The summed E-state index contributed by atoms with van der Waals surface area (Å²) in [6, 6.07) is 15.5. The zero-order valence-electron chi connectivity index (χ0n) is 15.4. The standard InChI is InChI=1S/C24H16N2O2/c1-25-13-7-11-3-5-16-21-19(11)17(9-13)23(27)15-6-4-12-8-14(26-2)10-18(24(16)28)20(12)22(15)21/h3-10,25-26H,1-2H3. The maximum atomic E-state index is 13.4. The molecule has 134 valence electrons. The third-order valence-corrected chi connectivity index (χ3v) is 6.04. The smallest absolute Gasteiger partial charge is 0.194 e. The Labute approximate surface area is 159 Å². The monoisotopic (exact) mass is 364 g/mol. The number of hydrogen-bond acceptors (Lipinski definition) is 4. The molecule has 6 rings (SSSR count). The fourth-order valence-corrected chi connectivity index (χ4v) is 4.77. The summed E-state index contributed by atoms with van der Waals surface area (Å²) in [5.74, 6) is 0. The summed E-state index contributed by atoms with van der Waals surface area (Å²) in [4.78, 5) is 26.8. The van der Waals surface area contributed by atoms with Gasteiger partial charge >= 0.3 is 0 Å². The summed E-state index contributed by atoms with van der Waals surface area (Å²) in [7, 11) is 3.69. The molecule has 0 amide bonds. The maximum Gasteiger partial charge on any atom is 0.194 e. The van der Waals surface area contributed by atoms with E-state index in [4.69, 9.17) is 0 Å². The molecule has 2 aliphatic carbocycles. The number of hydrogen-bond donors (Lipinski definition) is 2. The maximum absolute atomic E-state index is 13.4. The van der Waals surface area contributed by atoms with E-state index in [0.29, 0.717) is 21.5 Å². The molecule has 4 aromatic carbocycles. The van der Waals surface area contributed by atoms with E-state index in [9.17, 15) is 9.59 Å². The fraction of sp³-hybridized carbons (Fsp3) is 0.0833. The lowest BCUT2D eigenvalue weighted by Crippen LogP contribution is -2.13. The molecule has 4 aromatic rings. The summed E-state index contributed by atoms with van der Waals surface area (Å²) in [5, 5.41) is 12.7. The van der Waals surface area contributed by atoms with Crippen LogP contribution in [0.5, 0.6) is 0 Å². The van der Waals surface area contributed by atoms with Gasteiger partial charge in [-0.2, -0.15) is 0 Å². The largest absolute Gasteiger partial charge is 0.388 e. The van der Waals surface area contributed by atoms with E-state index in [0.717, 1.165) is 44.0 Å². The molecule has 0 saturated carbocycles. The molecule has 0 heterocycles. The Morgan fingerprint density at radius 1 is 0.571 bits per heavy atom. The van der Waals surface area contributed by atoms with Gasteiger partial charge in [0.25, 0.3) is 0 Å². The van der Waals surface area contributed by atoms with Gasteiger partial charge in [-0.05, 0) is 47.2 Å². The summed E-state index contributed by atoms with van der Waals surface area (Å²) in [5.41, 5.74) is 3.63. The second-order valence-electron chi connectivity index (χ2n) is 7.38. The molecule has 0 bridgehead atoms. The van der Waals surface area contributed by atoms with E-state index in [1.54, 1.807) is 0 Å². The Bertz CT molecular complexity index is 1500. The number of rotatable bonds is 2. The quantitative estimate of drug-likeness (QED) is 0.350. The second-order valence-corrected chi connectivity index (χ2v) is 7.38. The molecule has 0 saturated heterocycles. The highest BCUT2D eigenvalue weighted by molar-refractivity contribution is 6.28. The average molecular weight is 364 g/mol. The van der Waals surface area contributed by atoms with Crippen LogP contribution in [0.2, 0.25) is 0 Å². The van der Waals surface area contributed by atoms with Crippen molar-refractivity contribution in [2.45, 2.75) is 0 Å². The molecule has 4 nitrogen and oxygen atoms in total. The molecule has 4 heteroatoms. The van der Waals surface area contributed by atoms with Crippen LogP contribution in [-0.4, -0.2) is 14.1 Å². The van der Waals surface area contributed by atoms with Gasteiger partial charge in [-0.1, -0.05) is 12.1 Å². The second kappa shape index (κ2) is 4.98. The van der Waals surface area contributed by atoms with Crippen molar-refractivity contribution in [2.75, 3.05) is 24.7 Å². The van der Waals surface area contributed by atoms with Gasteiger partial charge < -0.3 is 10.6 Å². The van der Waals surface area contributed by atoms with Crippen molar-refractivity contribution in [3.05, 3.63) is 69.0 Å². The first-order valence-corrected chi connectivity index (χ1v) is 9.29. The van der Waals surface area contributed by atoms with Gasteiger partial charge in [-0.3, -0.25) is 9.59 Å². The lowest BCUT2D eigenvalue weighted by Gasteiger charge is -2.21. The average Bonchev–Trinajstić information content (AvgIpc) is 2.74. The number of nitrogens with one attached hydrogen (secondary N) is 2. The molecule has 0 atom stereocenters. The Morgan fingerprint density at radius 2 is 1.00 bits per heavy atom. The molecule has 0 fully saturated rings. The van der Waals surface area contributed by atoms with Gasteiger partial charge in [0.1, 0.15) is 0 Å². The Balaban J connectivity index is 2.04. The summed E-state index contributed by atoms with van der Waals surface area (Å²) >= 11 is 0. The molecule has 0 aromatic heterocycles. The normalized spacial score (nSPS) is 12.2. The van der Waals surface area contributed by atoms with Gasteiger partial charge in [0.2, 0.25) is 0 Å². The highest BCUT2D eigenvalue weighted by Gasteiger charge is 2.25. The van der Waals surface area contributed by atoms with Gasteiger partial charge in [0.05, 0.1) is 0 Å². The van der Waals surface area contributed by atoms with Crippen LogP contribution < -0.4 is 21.5 Å². The molecule has 2 aliphatic rings. The summed E-state index contributed by atoms with van der Waals surface area (Å²) in [6.07, 6.45) is 0. The van der Waals surface area contributed by atoms with Crippen molar-refractivity contribution in [1.82, 2.24) is 0 Å². The van der Waals surface area contributed by atoms with Crippen LogP contribution in [0.15, 0.2) is 58.1 Å². The van der Waals surface area contributed by atoms with Crippen LogP contribution in [0, 0.1) is 0 Å². The minimum Gasteiger partial charge on any atom is -0.388 e. The first kappa shape index (κ1) is 15.4. The van der Waals surface area contributed by atoms with Crippen LogP contribution in [0.3, 0.4) is 0 Å². The van der Waals surface area contributed by atoms with Crippen molar-refractivity contribution < 1.29 is 0 Å². The molecule has 0 aliphatic heterocycles. The Hall–Kier alpha value is -3.66. The zero-order valence-corrected chi connectivity index (χ0v) is 15.4. The predicted molar refractivity (Wildman–Crippen MR) is 118 cm³/mol. The lowest BCUT2D eigenvalue weighted by atomic mass is 9.81. The first-order valence-electron chi connectivity index (χ1n) is 9.29. The van der Waals surface area contributed by atoms with Crippen LogP contribution in [0.1, 0.15) is 0 Å². The Kier molecular flexibility index (Phi) is 2.74. The van der Waals surface area contributed by atoms with E-state index in [1.807, 2.05) is 62.6 Å². The zero-order chi connectivity index (χ0) is 19.2. The summed E-state index contributed by atoms with van der Waals surface area (Å²) in [6.45, 7) is 0. The van der Waals surface area contributed by atoms with Crippen LogP contribution in [0.4, 0.5) is 11.4 Å². The van der Waals surface area contributed by atoms with Gasteiger partial charge in [0.15, 0.2) is 10.9 Å². The van der Waals surface area contributed by atoms with Crippen molar-refractivity contribution in [3.63, 3.8) is 0 Å². The van der Waals surface area contributed by atoms with E-state index in [-0.39, 0.29) is 10.9 Å². The number of benzene rings is 6. The van der Waals surface area contributed by atoms with E-state index in [1.165, 1.54) is 0 Å². The summed E-state index contributed by atoms with van der Waals surface area (Å²) < 4.78 is 0. The van der Waals surface area contributed by atoms with E-state index >= 15 is 0 Å². The third kappa shape index (κ3) is 1.66. The van der Waals surface area contributed by atoms with Crippen LogP contribution >= 0.6 is 0 Å². The predicted octanol–water partition coefficient (Wildman–Crippen LogP) is 4.52. The van der Waals surface area contributed by atoms with Crippen molar-refractivity contribution in [2.24, 2.45) is 0 Å². The minimum absolute atomic E-state index is 0.0154. The van der Waals surface area contributed by atoms with Crippen LogP contribution in [0.25, 0.3) is 54.2 Å². The van der Waals surface area contributed by atoms with Crippen molar-refractivity contribution in [1.29, 1.82) is 0 Å². The first-order chi connectivity index (χ1) is 13.6. The van der Waals surface area contributed by atoms with Gasteiger partial charge in [0, 0.05) is 68.9 Å².